The molecular weight excluding hydrogens is 472 g/mol. The zero-order valence-electron chi connectivity index (χ0n) is 20.9. The molecule has 0 bridgehead atoms. The molecule has 0 saturated carbocycles. The van der Waals surface area contributed by atoms with E-state index in [1.165, 1.54) is 5.56 Å². The standard InChI is InChI=1S/C29H31ClN4O2/c1-29(2,3)36-28(35)34-13-11-33(12-14-34)19-20-7-9-21(10-8-20)23-16-25-26(18-32-27(25)31-17-23)22-5-4-6-24(30)15-22/h4-10,15-18H,11-14,19H2,1-3H3,(H,31,32). The Morgan fingerprint density at radius 1 is 1.00 bits per heavy atom. The average molecular weight is 503 g/mol. The van der Waals surface area contributed by atoms with Gasteiger partial charge in [0.25, 0.3) is 0 Å². The molecule has 1 fully saturated rings. The first-order valence-electron chi connectivity index (χ1n) is 12.3. The quantitative estimate of drug-likeness (QED) is 0.341. The number of amides is 1. The van der Waals surface area contributed by atoms with E-state index in [0.29, 0.717) is 18.1 Å². The Labute approximate surface area is 216 Å². The van der Waals surface area contributed by atoms with Crippen LogP contribution in [0.3, 0.4) is 0 Å². The summed E-state index contributed by atoms with van der Waals surface area (Å²) in [6.45, 7) is 9.59. The van der Waals surface area contributed by atoms with Crippen molar-refractivity contribution < 1.29 is 9.53 Å². The van der Waals surface area contributed by atoms with E-state index in [-0.39, 0.29) is 6.09 Å². The van der Waals surface area contributed by atoms with Crippen LogP contribution in [-0.2, 0) is 11.3 Å². The molecular formula is C29H31ClN4O2. The molecule has 1 aliphatic heterocycles. The van der Waals surface area contributed by atoms with Crippen LogP contribution in [0, 0.1) is 0 Å². The number of aromatic nitrogens is 2. The van der Waals surface area contributed by atoms with Crippen molar-refractivity contribution in [1.29, 1.82) is 0 Å². The van der Waals surface area contributed by atoms with Crippen LogP contribution in [0.5, 0.6) is 0 Å². The molecule has 1 amide bonds. The van der Waals surface area contributed by atoms with Gasteiger partial charge in [0.1, 0.15) is 11.2 Å². The topological polar surface area (TPSA) is 61.5 Å². The van der Waals surface area contributed by atoms with Crippen molar-refractivity contribution in [3.8, 4) is 22.3 Å². The van der Waals surface area contributed by atoms with Crippen LogP contribution in [0.1, 0.15) is 26.3 Å². The minimum absolute atomic E-state index is 0.224. The molecule has 1 saturated heterocycles. The smallest absolute Gasteiger partial charge is 0.410 e. The number of H-pyrrole nitrogens is 1. The van der Waals surface area contributed by atoms with Gasteiger partial charge in [-0.2, -0.15) is 0 Å². The number of rotatable bonds is 4. The highest BCUT2D eigenvalue weighted by Crippen LogP contribution is 2.32. The Hall–Kier alpha value is -3.35. The summed E-state index contributed by atoms with van der Waals surface area (Å²) in [6, 6.07) is 18.7. The molecule has 0 aliphatic carbocycles. The normalized spacial score (nSPS) is 14.8. The lowest BCUT2D eigenvalue weighted by Crippen LogP contribution is -2.49. The Morgan fingerprint density at radius 3 is 2.44 bits per heavy atom. The second kappa shape index (κ2) is 9.96. The maximum absolute atomic E-state index is 12.3. The van der Waals surface area contributed by atoms with E-state index < -0.39 is 5.60 Å². The molecule has 7 heteroatoms. The number of nitrogens with one attached hydrogen (secondary N) is 1. The summed E-state index contributed by atoms with van der Waals surface area (Å²) in [5.41, 5.74) is 5.99. The molecule has 0 atom stereocenters. The third-order valence-corrected chi connectivity index (χ3v) is 6.62. The summed E-state index contributed by atoms with van der Waals surface area (Å²) >= 11 is 6.22. The highest BCUT2D eigenvalue weighted by atomic mass is 35.5. The van der Waals surface area contributed by atoms with Gasteiger partial charge in [0.2, 0.25) is 0 Å². The van der Waals surface area contributed by atoms with Crippen LogP contribution < -0.4 is 0 Å². The minimum Gasteiger partial charge on any atom is -0.444 e. The van der Waals surface area contributed by atoms with E-state index in [0.717, 1.165) is 52.9 Å². The number of aromatic amines is 1. The molecule has 1 N–H and O–H groups in total. The van der Waals surface area contributed by atoms with E-state index >= 15 is 0 Å². The van der Waals surface area contributed by atoms with Gasteiger partial charge in [-0.25, -0.2) is 9.78 Å². The summed E-state index contributed by atoms with van der Waals surface area (Å²) < 4.78 is 5.50. The Morgan fingerprint density at radius 2 is 1.75 bits per heavy atom. The molecule has 0 radical (unpaired) electrons. The van der Waals surface area contributed by atoms with Crippen molar-refractivity contribution in [3.05, 3.63) is 77.6 Å². The second-order valence-electron chi connectivity index (χ2n) is 10.3. The van der Waals surface area contributed by atoms with Crippen molar-refractivity contribution in [2.24, 2.45) is 0 Å². The number of hydrogen-bond acceptors (Lipinski definition) is 4. The SMILES string of the molecule is CC(C)(C)OC(=O)N1CCN(Cc2ccc(-c3cnc4[nH]cc(-c5cccc(Cl)c5)c4c3)cc2)CC1. The number of pyridine rings is 1. The zero-order valence-corrected chi connectivity index (χ0v) is 21.7. The molecule has 0 unspecified atom stereocenters. The van der Waals surface area contributed by atoms with E-state index in [9.17, 15) is 4.79 Å². The zero-order chi connectivity index (χ0) is 25.3. The number of carbonyl (C=O) groups excluding carboxylic acids is 1. The van der Waals surface area contributed by atoms with Crippen molar-refractivity contribution >= 4 is 28.7 Å². The predicted molar refractivity (Wildman–Crippen MR) is 145 cm³/mol. The van der Waals surface area contributed by atoms with Gasteiger partial charge >= 0.3 is 6.09 Å². The maximum Gasteiger partial charge on any atom is 0.410 e. The van der Waals surface area contributed by atoms with Crippen LogP contribution in [0.15, 0.2) is 67.0 Å². The summed E-state index contributed by atoms with van der Waals surface area (Å²) in [5, 5.41) is 1.79. The fourth-order valence-electron chi connectivity index (χ4n) is 4.53. The molecule has 1 aliphatic rings. The maximum atomic E-state index is 12.3. The number of carbonyl (C=O) groups is 1. The average Bonchev–Trinajstić information content (AvgIpc) is 3.27. The molecule has 186 valence electrons. The number of halogens is 1. The fourth-order valence-corrected chi connectivity index (χ4v) is 4.72. The van der Waals surface area contributed by atoms with Crippen LogP contribution in [0.2, 0.25) is 5.02 Å². The van der Waals surface area contributed by atoms with E-state index in [2.05, 4.69) is 51.3 Å². The van der Waals surface area contributed by atoms with Crippen molar-refractivity contribution in [1.82, 2.24) is 19.8 Å². The largest absolute Gasteiger partial charge is 0.444 e. The van der Waals surface area contributed by atoms with Crippen molar-refractivity contribution in [2.75, 3.05) is 26.2 Å². The number of fused-ring (bicyclic) bond motifs is 1. The monoisotopic (exact) mass is 502 g/mol. The van der Waals surface area contributed by atoms with Gasteiger partial charge in [-0.05, 0) is 55.7 Å². The lowest BCUT2D eigenvalue weighted by molar-refractivity contribution is 0.0139. The van der Waals surface area contributed by atoms with Gasteiger partial charge in [-0.15, -0.1) is 0 Å². The summed E-state index contributed by atoms with van der Waals surface area (Å²) in [5.74, 6) is 0. The van der Waals surface area contributed by atoms with Gasteiger partial charge in [0, 0.05) is 66.7 Å². The Balaban J connectivity index is 1.25. The highest BCUT2D eigenvalue weighted by Gasteiger charge is 2.25. The number of piperazine rings is 1. The van der Waals surface area contributed by atoms with E-state index in [1.54, 1.807) is 4.90 Å². The minimum atomic E-state index is -0.464. The highest BCUT2D eigenvalue weighted by molar-refractivity contribution is 6.30. The van der Waals surface area contributed by atoms with Gasteiger partial charge in [-0.1, -0.05) is 48.0 Å². The number of benzene rings is 2. The molecule has 3 heterocycles. The van der Waals surface area contributed by atoms with Crippen LogP contribution in [0.4, 0.5) is 4.79 Å². The van der Waals surface area contributed by atoms with Crippen LogP contribution in [0.25, 0.3) is 33.3 Å². The number of nitrogens with zero attached hydrogens (tertiary/aromatic N) is 3. The third-order valence-electron chi connectivity index (χ3n) is 6.38. The molecule has 36 heavy (non-hydrogen) atoms. The molecule has 0 spiro atoms. The first kappa shape index (κ1) is 24.3. The Bertz CT molecular complexity index is 1370. The summed E-state index contributed by atoms with van der Waals surface area (Å²) in [6.07, 6.45) is 3.67. The first-order chi connectivity index (χ1) is 17.2. The first-order valence-corrected chi connectivity index (χ1v) is 12.7. The second-order valence-corrected chi connectivity index (χ2v) is 10.7. The van der Waals surface area contributed by atoms with Crippen molar-refractivity contribution in [2.45, 2.75) is 32.9 Å². The Kier molecular flexibility index (Phi) is 6.73. The third kappa shape index (κ3) is 5.55. The summed E-state index contributed by atoms with van der Waals surface area (Å²) in [4.78, 5) is 24.4. The van der Waals surface area contributed by atoms with Gasteiger partial charge < -0.3 is 14.6 Å². The van der Waals surface area contributed by atoms with Gasteiger partial charge in [-0.3, -0.25) is 4.90 Å². The predicted octanol–water partition coefficient (Wildman–Crippen LogP) is 6.60. The number of ether oxygens (including phenoxy) is 1. The molecule has 2 aromatic carbocycles. The molecule has 5 rings (SSSR count). The molecule has 6 nitrogen and oxygen atoms in total. The van der Waals surface area contributed by atoms with E-state index in [4.69, 9.17) is 16.3 Å². The van der Waals surface area contributed by atoms with Crippen LogP contribution >= 0.6 is 11.6 Å². The molecule has 2 aromatic heterocycles. The lowest BCUT2D eigenvalue weighted by atomic mass is 10.0. The van der Waals surface area contributed by atoms with Crippen LogP contribution in [-0.4, -0.2) is 57.6 Å². The molecule has 4 aromatic rings. The lowest BCUT2D eigenvalue weighted by Gasteiger charge is -2.35. The van der Waals surface area contributed by atoms with Gasteiger partial charge in [0.15, 0.2) is 0 Å². The summed E-state index contributed by atoms with van der Waals surface area (Å²) in [7, 11) is 0. The van der Waals surface area contributed by atoms with Gasteiger partial charge in [0.05, 0.1) is 0 Å². The number of hydrogen-bond donors (Lipinski definition) is 1. The van der Waals surface area contributed by atoms with E-state index in [1.807, 2.05) is 51.4 Å². The fraction of sp³-hybridized carbons (Fsp3) is 0.310. The van der Waals surface area contributed by atoms with Crippen molar-refractivity contribution in [3.63, 3.8) is 0 Å².